The van der Waals surface area contributed by atoms with Crippen molar-refractivity contribution in [1.29, 1.82) is 0 Å². The lowest BCUT2D eigenvalue weighted by atomic mass is 10.1. The van der Waals surface area contributed by atoms with E-state index in [9.17, 15) is 8.78 Å². The zero-order valence-electron chi connectivity index (χ0n) is 11.1. The van der Waals surface area contributed by atoms with Crippen LogP contribution in [0, 0.1) is 17.6 Å². The molecule has 0 saturated heterocycles. The molecule has 0 radical (unpaired) electrons. The lowest BCUT2D eigenvalue weighted by Gasteiger charge is -2.24. The summed E-state index contributed by atoms with van der Waals surface area (Å²) >= 11 is 3.10. The lowest BCUT2D eigenvalue weighted by Crippen LogP contribution is -2.28. The first-order chi connectivity index (χ1) is 8.49. The number of benzene rings is 1. The molecule has 1 atom stereocenters. The molecule has 0 saturated carbocycles. The summed E-state index contributed by atoms with van der Waals surface area (Å²) in [4.78, 5) is 2.07. The molecule has 1 unspecified atom stereocenters. The third-order valence-corrected chi connectivity index (χ3v) is 3.85. The van der Waals surface area contributed by atoms with E-state index in [4.69, 9.17) is 0 Å². The SMILES string of the molecule is CCC(C)CN(CC)Cc1c(F)ccc(Br)c1F. The van der Waals surface area contributed by atoms with Gasteiger partial charge in [0.1, 0.15) is 11.6 Å². The summed E-state index contributed by atoms with van der Waals surface area (Å²) in [7, 11) is 0. The van der Waals surface area contributed by atoms with Gasteiger partial charge in [-0.05, 0) is 40.5 Å². The van der Waals surface area contributed by atoms with Crippen LogP contribution in [0.25, 0.3) is 0 Å². The van der Waals surface area contributed by atoms with Gasteiger partial charge in [-0.25, -0.2) is 8.78 Å². The molecule has 0 heterocycles. The van der Waals surface area contributed by atoms with Crippen LogP contribution in [-0.2, 0) is 6.54 Å². The summed E-state index contributed by atoms with van der Waals surface area (Å²) in [5, 5.41) is 0. The summed E-state index contributed by atoms with van der Waals surface area (Å²) < 4.78 is 27.8. The second-order valence-electron chi connectivity index (χ2n) is 4.66. The lowest BCUT2D eigenvalue weighted by molar-refractivity contribution is 0.232. The van der Waals surface area contributed by atoms with Crippen LogP contribution in [0.1, 0.15) is 32.8 Å². The Bertz CT molecular complexity index is 396. The van der Waals surface area contributed by atoms with Crippen molar-refractivity contribution < 1.29 is 8.78 Å². The van der Waals surface area contributed by atoms with Gasteiger partial charge in [-0.15, -0.1) is 0 Å². The molecule has 0 spiro atoms. The molecule has 1 aromatic carbocycles. The minimum absolute atomic E-state index is 0.148. The van der Waals surface area contributed by atoms with Crippen LogP contribution in [-0.4, -0.2) is 18.0 Å². The van der Waals surface area contributed by atoms with Crippen molar-refractivity contribution in [2.75, 3.05) is 13.1 Å². The van der Waals surface area contributed by atoms with Gasteiger partial charge < -0.3 is 0 Å². The fourth-order valence-corrected chi connectivity index (χ4v) is 2.18. The number of halogens is 3. The fraction of sp³-hybridized carbons (Fsp3) is 0.571. The highest BCUT2D eigenvalue weighted by molar-refractivity contribution is 9.10. The van der Waals surface area contributed by atoms with E-state index in [1.807, 2.05) is 6.92 Å². The van der Waals surface area contributed by atoms with Gasteiger partial charge in [0, 0.05) is 18.7 Å². The molecule has 18 heavy (non-hydrogen) atoms. The van der Waals surface area contributed by atoms with Gasteiger partial charge in [-0.1, -0.05) is 27.2 Å². The van der Waals surface area contributed by atoms with Crippen molar-refractivity contribution in [1.82, 2.24) is 4.90 Å². The van der Waals surface area contributed by atoms with Crippen molar-refractivity contribution in [3.63, 3.8) is 0 Å². The van der Waals surface area contributed by atoms with Crippen LogP contribution in [0.4, 0.5) is 8.78 Å². The Morgan fingerprint density at radius 3 is 2.50 bits per heavy atom. The van der Waals surface area contributed by atoms with E-state index in [0.29, 0.717) is 16.9 Å². The van der Waals surface area contributed by atoms with Gasteiger partial charge in [0.2, 0.25) is 0 Å². The Balaban J connectivity index is 2.85. The maximum Gasteiger partial charge on any atom is 0.144 e. The van der Waals surface area contributed by atoms with E-state index < -0.39 is 11.6 Å². The fourth-order valence-electron chi connectivity index (χ4n) is 1.81. The topological polar surface area (TPSA) is 3.24 Å². The average Bonchev–Trinajstić information content (AvgIpc) is 2.37. The highest BCUT2D eigenvalue weighted by atomic mass is 79.9. The Hall–Kier alpha value is -0.480. The van der Waals surface area contributed by atoms with E-state index in [0.717, 1.165) is 19.5 Å². The highest BCUT2D eigenvalue weighted by Crippen LogP contribution is 2.23. The second-order valence-corrected chi connectivity index (χ2v) is 5.52. The van der Waals surface area contributed by atoms with Gasteiger partial charge in [-0.2, -0.15) is 0 Å². The smallest absolute Gasteiger partial charge is 0.144 e. The summed E-state index contributed by atoms with van der Waals surface area (Å²) in [6.45, 7) is 8.25. The molecule has 4 heteroatoms. The summed E-state index contributed by atoms with van der Waals surface area (Å²) in [6.07, 6.45) is 1.07. The van der Waals surface area contributed by atoms with Crippen LogP contribution < -0.4 is 0 Å². The van der Waals surface area contributed by atoms with Crippen molar-refractivity contribution in [2.24, 2.45) is 5.92 Å². The molecule has 0 aliphatic heterocycles. The summed E-state index contributed by atoms with van der Waals surface area (Å²) in [5.41, 5.74) is 0.148. The van der Waals surface area contributed by atoms with Gasteiger partial charge >= 0.3 is 0 Å². The Morgan fingerprint density at radius 2 is 1.94 bits per heavy atom. The molecule has 0 aliphatic carbocycles. The Labute approximate surface area is 116 Å². The Kier molecular flexibility index (Phi) is 6.22. The molecule has 0 amide bonds. The molecule has 0 N–H and O–H groups in total. The first-order valence-corrected chi connectivity index (χ1v) is 7.13. The van der Waals surface area contributed by atoms with Crippen LogP contribution in [0.3, 0.4) is 0 Å². The molecule has 1 rings (SSSR count). The third-order valence-electron chi connectivity index (χ3n) is 3.23. The minimum Gasteiger partial charge on any atom is -0.299 e. The molecular formula is C14H20BrF2N. The number of rotatable bonds is 6. The summed E-state index contributed by atoms with van der Waals surface area (Å²) in [5.74, 6) is -0.431. The zero-order chi connectivity index (χ0) is 13.7. The number of hydrogen-bond acceptors (Lipinski definition) is 1. The molecule has 1 nitrogen and oxygen atoms in total. The monoisotopic (exact) mass is 319 g/mol. The maximum atomic E-state index is 13.9. The molecule has 102 valence electrons. The van der Waals surface area contributed by atoms with Gasteiger partial charge in [0.05, 0.1) is 4.47 Å². The third kappa shape index (κ3) is 4.02. The molecule has 0 aliphatic rings. The van der Waals surface area contributed by atoms with Crippen LogP contribution in [0.5, 0.6) is 0 Å². The van der Waals surface area contributed by atoms with E-state index in [2.05, 4.69) is 34.7 Å². The van der Waals surface area contributed by atoms with Crippen molar-refractivity contribution in [3.8, 4) is 0 Å². The molecule has 1 aromatic rings. The average molecular weight is 320 g/mol. The largest absolute Gasteiger partial charge is 0.299 e. The van der Waals surface area contributed by atoms with Crippen LogP contribution >= 0.6 is 15.9 Å². The maximum absolute atomic E-state index is 13.9. The first-order valence-electron chi connectivity index (χ1n) is 6.34. The quantitative estimate of drug-likeness (QED) is 0.693. The van der Waals surface area contributed by atoms with Crippen molar-refractivity contribution >= 4 is 15.9 Å². The minimum atomic E-state index is -0.488. The first kappa shape index (κ1) is 15.6. The molecule has 0 aromatic heterocycles. The second kappa shape index (κ2) is 7.19. The van der Waals surface area contributed by atoms with Crippen molar-refractivity contribution in [2.45, 2.75) is 33.7 Å². The highest BCUT2D eigenvalue weighted by Gasteiger charge is 2.16. The van der Waals surface area contributed by atoms with Crippen molar-refractivity contribution in [3.05, 3.63) is 33.8 Å². The molecule has 0 bridgehead atoms. The van der Waals surface area contributed by atoms with Gasteiger partial charge in [0.15, 0.2) is 0 Å². The van der Waals surface area contributed by atoms with Gasteiger partial charge in [-0.3, -0.25) is 4.90 Å². The predicted octanol–water partition coefficient (Wildman–Crippen LogP) is 4.60. The molecule has 0 fully saturated rings. The van der Waals surface area contributed by atoms with E-state index in [1.165, 1.54) is 12.1 Å². The summed E-state index contributed by atoms with van der Waals surface area (Å²) in [6, 6.07) is 2.71. The van der Waals surface area contributed by atoms with E-state index >= 15 is 0 Å². The Morgan fingerprint density at radius 1 is 1.28 bits per heavy atom. The normalized spacial score (nSPS) is 13.1. The number of nitrogens with zero attached hydrogens (tertiary/aromatic N) is 1. The standard InChI is InChI=1S/C14H20BrF2N/c1-4-10(3)8-18(5-2)9-11-13(16)7-6-12(15)14(11)17/h6-7,10H,4-5,8-9H2,1-3H3. The molecular weight excluding hydrogens is 300 g/mol. The predicted molar refractivity (Wildman–Crippen MR) is 74.5 cm³/mol. The van der Waals surface area contributed by atoms with Crippen LogP contribution in [0.15, 0.2) is 16.6 Å². The van der Waals surface area contributed by atoms with E-state index in [-0.39, 0.29) is 5.56 Å². The van der Waals surface area contributed by atoms with Crippen LogP contribution in [0.2, 0.25) is 0 Å². The number of hydrogen-bond donors (Lipinski definition) is 0. The van der Waals surface area contributed by atoms with E-state index in [1.54, 1.807) is 0 Å². The van der Waals surface area contributed by atoms with Gasteiger partial charge in [0.25, 0.3) is 0 Å². The zero-order valence-corrected chi connectivity index (χ0v) is 12.7.